The predicted molar refractivity (Wildman–Crippen MR) is 104 cm³/mol. The van der Waals surface area contributed by atoms with E-state index in [1.165, 1.54) is 18.2 Å². The summed E-state index contributed by atoms with van der Waals surface area (Å²) < 4.78 is 0. The van der Waals surface area contributed by atoms with E-state index in [1.54, 1.807) is 0 Å². The quantitative estimate of drug-likeness (QED) is 0.253. The molecule has 3 amide bonds. The SMILES string of the molecule is NCCCNC(=O)c1cc(C(=O)NCCCN)cc(C(=O)NCCCN)c1. The average Bonchev–Trinajstić information content (AvgIpc) is 2.67. The largest absolute Gasteiger partial charge is 0.352 e. The summed E-state index contributed by atoms with van der Waals surface area (Å²) in [6, 6.07) is 4.39. The zero-order chi connectivity index (χ0) is 20.1. The third-order valence-electron chi connectivity index (χ3n) is 3.72. The molecule has 0 saturated heterocycles. The molecule has 150 valence electrons. The molecule has 0 aliphatic rings. The monoisotopic (exact) mass is 378 g/mol. The van der Waals surface area contributed by atoms with E-state index in [4.69, 9.17) is 17.2 Å². The van der Waals surface area contributed by atoms with Gasteiger partial charge < -0.3 is 33.2 Å². The van der Waals surface area contributed by atoms with Crippen LogP contribution in [0.4, 0.5) is 0 Å². The first-order valence-corrected chi connectivity index (χ1v) is 9.13. The number of carbonyl (C=O) groups is 3. The maximum atomic E-state index is 12.3. The lowest BCUT2D eigenvalue weighted by Gasteiger charge is -2.11. The van der Waals surface area contributed by atoms with Gasteiger partial charge in [-0.25, -0.2) is 0 Å². The summed E-state index contributed by atoms with van der Waals surface area (Å²) in [5.41, 5.74) is 17.0. The van der Waals surface area contributed by atoms with Crippen molar-refractivity contribution in [1.82, 2.24) is 16.0 Å². The third kappa shape index (κ3) is 8.16. The van der Waals surface area contributed by atoms with Crippen molar-refractivity contribution in [3.05, 3.63) is 34.9 Å². The van der Waals surface area contributed by atoms with Crippen molar-refractivity contribution in [2.75, 3.05) is 39.3 Å². The van der Waals surface area contributed by atoms with Gasteiger partial charge in [-0.1, -0.05) is 0 Å². The van der Waals surface area contributed by atoms with Gasteiger partial charge in [-0.3, -0.25) is 14.4 Å². The van der Waals surface area contributed by atoms with Gasteiger partial charge >= 0.3 is 0 Å². The Morgan fingerprint density at radius 2 is 0.852 bits per heavy atom. The van der Waals surface area contributed by atoms with Gasteiger partial charge in [0, 0.05) is 36.3 Å². The summed E-state index contributed by atoms with van der Waals surface area (Å²) in [5, 5.41) is 8.16. The second-order valence-corrected chi connectivity index (χ2v) is 5.99. The maximum Gasteiger partial charge on any atom is 0.251 e. The van der Waals surface area contributed by atoms with Crippen molar-refractivity contribution in [2.45, 2.75) is 19.3 Å². The molecule has 0 spiro atoms. The maximum absolute atomic E-state index is 12.3. The van der Waals surface area contributed by atoms with Crippen LogP contribution in [0.25, 0.3) is 0 Å². The molecule has 0 unspecified atom stereocenters. The van der Waals surface area contributed by atoms with Crippen LogP contribution < -0.4 is 33.2 Å². The minimum Gasteiger partial charge on any atom is -0.352 e. The molecule has 1 rings (SSSR count). The fourth-order valence-electron chi connectivity index (χ4n) is 2.24. The van der Waals surface area contributed by atoms with Gasteiger partial charge in [-0.05, 0) is 57.1 Å². The van der Waals surface area contributed by atoms with E-state index in [2.05, 4.69) is 16.0 Å². The van der Waals surface area contributed by atoms with Gasteiger partial charge in [0.25, 0.3) is 17.7 Å². The summed E-state index contributed by atoms with van der Waals surface area (Å²) in [5.74, 6) is -1.09. The molecule has 0 aromatic heterocycles. The zero-order valence-corrected chi connectivity index (χ0v) is 15.6. The molecule has 27 heavy (non-hydrogen) atoms. The van der Waals surface area contributed by atoms with Crippen LogP contribution in [-0.2, 0) is 0 Å². The van der Waals surface area contributed by atoms with Crippen molar-refractivity contribution in [3.8, 4) is 0 Å². The Kier molecular flexibility index (Phi) is 10.7. The summed E-state index contributed by atoms with van der Waals surface area (Å²) in [7, 11) is 0. The van der Waals surface area contributed by atoms with Gasteiger partial charge in [0.05, 0.1) is 0 Å². The standard InChI is InChI=1S/C18H30N6O3/c19-4-1-7-22-16(25)13-10-14(17(26)23-8-2-5-20)12-15(11-13)18(27)24-9-3-6-21/h10-12H,1-9,19-21H2,(H,22,25)(H,23,26)(H,24,27). The Morgan fingerprint density at radius 1 is 0.593 bits per heavy atom. The van der Waals surface area contributed by atoms with Crippen molar-refractivity contribution in [2.24, 2.45) is 17.2 Å². The van der Waals surface area contributed by atoms with Crippen molar-refractivity contribution >= 4 is 17.7 Å². The van der Waals surface area contributed by atoms with E-state index >= 15 is 0 Å². The first kappa shape index (κ1) is 22.6. The number of nitrogens with one attached hydrogen (secondary N) is 3. The van der Waals surface area contributed by atoms with E-state index in [9.17, 15) is 14.4 Å². The lowest BCUT2D eigenvalue weighted by molar-refractivity contribution is 0.0952. The molecule has 0 heterocycles. The summed E-state index contributed by atoms with van der Waals surface area (Å²) in [6.45, 7) is 2.62. The number of nitrogens with two attached hydrogens (primary N) is 3. The summed E-state index contributed by atoms with van der Waals surface area (Å²) >= 11 is 0. The molecular formula is C18H30N6O3. The average molecular weight is 378 g/mol. The topological polar surface area (TPSA) is 165 Å². The zero-order valence-electron chi connectivity index (χ0n) is 15.6. The predicted octanol–water partition coefficient (Wildman–Crippen LogP) is -1.08. The molecular weight excluding hydrogens is 348 g/mol. The fourth-order valence-corrected chi connectivity index (χ4v) is 2.24. The van der Waals surface area contributed by atoms with E-state index in [0.717, 1.165) is 0 Å². The molecule has 0 saturated carbocycles. The summed E-state index contributed by atoms with van der Waals surface area (Å²) in [4.78, 5) is 37.0. The smallest absolute Gasteiger partial charge is 0.251 e. The van der Waals surface area contributed by atoms with Crippen LogP contribution in [0.1, 0.15) is 50.3 Å². The normalized spacial score (nSPS) is 10.3. The van der Waals surface area contributed by atoms with Crippen LogP contribution in [-0.4, -0.2) is 57.0 Å². The first-order valence-electron chi connectivity index (χ1n) is 9.13. The van der Waals surface area contributed by atoms with Crippen LogP contribution in [0.15, 0.2) is 18.2 Å². The molecule has 0 aliphatic heterocycles. The highest BCUT2D eigenvalue weighted by molar-refractivity contribution is 6.04. The number of carbonyl (C=O) groups excluding carboxylic acids is 3. The van der Waals surface area contributed by atoms with E-state index in [0.29, 0.717) is 58.5 Å². The van der Waals surface area contributed by atoms with Crippen LogP contribution in [0.2, 0.25) is 0 Å². The molecule has 0 fully saturated rings. The molecule has 9 heteroatoms. The number of hydrogen-bond acceptors (Lipinski definition) is 6. The number of hydrogen-bond donors (Lipinski definition) is 6. The Hall–Kier alpha value is -2.49. The highest BCUT2D eigenvalue weighted by atomic mass is 16.2. The number of benzene rings is 1. The molecule has 1 aromatic carbocycles. The van der Waals surface area contributed by atoms with Crippen molar-refractivity contribution in [3.63, 3.8) is 0 Å². The van der Waals surface area contributed by atoms with Crippen LogP contribution in [0, 0.1) is 0 Å². The van der Waals surface area contributed by atoms with E-state index < -0.39 is 0 Å². The van der Waals surface area contributed by atoms with E-state index in [-0.39, 0.29) is 34.4 Å². The van der Waals surface area contributed by atoms with Gasteiger partial charge in [0.2, 0.25) is 0 Å². The molecule has 0 aliphatic carbocycles. The Balaban J connectivity index is 3.01. The molecule has 9 nitrogen and oxygen atoms in total. The van der Waals surface area contributed by atoms with Crippen LogP contribution in [0.3, 0.4) is 0 Å². The minimum atomic E-state index is -0.365. The Bertz CT molecular complexity index is 537. The second-order valence-electron chi connectivity index (χ2n) is 5.99. The van der Waals surface area contributed by atoms with Gasteiger partial charge in [-0.15, -0.1) is 0 Å². The fraction of sp³-hybridized carbons (Fsp3) is 0.500. The first-order chi connectivity index (χ1) is 13.0. The molecule has 0 atom stereocenters. The van der Waals surface area contributed by atoms with Crippen molar-refractivity contribution < 1.29 is 14.4 Å². The lowest BCUT2D eigenvalue weighted by Crippen LogP contribution is -2.30. The lowest BCUT2D eigenvalue weighted by atomic mass is 10.0. The molecule has 0 bridgehead atoms. The van der Waals surface area contributed by atoms with Crippen LogP contribution >= 0.6 is 0 Å². The van der Waals surface area contributed by atoms with Crippen molar-refractivity contribution in [1.29, 1.82) is 0 Å². The van der Waals surface area contributed by atoms with Gasteiger partial charge in [0.1, 0.15) is 0 Å². The Morgan fingerprint density at radius 3 is 1.07 bits per heavy atom. The highest BCUT2D eigenvalue weighted by Crippen LogP contribution is 2.12. The van der Waals surface area contributed by atoms with Gasteiger partial charge in [0.15, 0.2) is 0 Å². The minimum absolute atomic E-state index is 0.238. The highest BCUT2D eigenvalue weighted by Gasteiger charge is 2.16. The van der Waals surface area contributed by atoms with Crippen LogP contribution in [0.5, 0.6) is 0 Å². The molecule has 1 aromatic rings. The number of amides is 3. The molecule has 0 radical (unpaired) electrons. The number of rotatable bonds is 12. The third-order valence-corrected chi connectivity index (χ3v) is 3.72. The Labute approximate surface area is 159 Å². The van der Waals surface area contributed by atoms with E-state index in [1.807, 2.05) is 0 Å². The second kappa shape index (κ2) is 12.8. The van der Waals surface area contributed by atoms with Gasteiger partial charge in [-0.2, -0.15) is 0 Å². The molecule has 9 N–H and O–H groups in total. The summed E-state index contributed by atoms with van der Waals surface area (Å²) in [6.07, 6.45) is 1.91.